The number of halogens is 1. The number of carbonyl (C=O) groups is 1. The molecule has 16 heavy (non-hydrogen) atoms. The fourth-order valence-corrected chi connectivity index (χ4v) is 1.15. The third kappa shape index (κ3) is 1.98. The van der Waals surface area contributed by atoms with Crippen LogP contribution in [0.2, 0.25) is 5.28 Å². The first-order valence-corrected chi connectivity index (χ1v) is 4.57. The molecule has 2 aromatic heterocycles. The fourth-order valence-electron chi connectivity index (χ4n) is 1.01. The molecule has 0 spiro atoms. The summed E-state index contributed by atoms with van der Waals surface area (Å²) in [6.07, 6.45) is 2.81. The molecule has 2 aromatic rings. The van der Waals surface area contributed by atoms with Gasteiger partial charge in [0.05, 0.1) is 7.11 Å². The molecule has 0 saturated carbocycles. The van der Waals surface area contributed by atoms with Gasteiger partial charge in [0.2, 0.25) is 5.28 Å². The summed E-state index contributed by atoms with van der Waals surface area (Å²) < 4.78 is 5.78. The van der Waals surface area contributed by atoms with Crippen LogP contribution in [0.25, 0.3) is 5.82 Å². The predicted molar refractivity (Wildman–Crippen MR) is 53.3 cm³/mol. The molecule has 2 heterocycles. The molecule has 0 aliphatic rings. The van der Waals surface area contributed by atoms with Crippen LogP contribution in [0.4, 0.5) is 0 Å². The number of aromatic nitrogens is 5. The predicted octanol–water partition coefficient (Wildman–Crippen LogP) is 0.497. The maximum atomic E-state index is 11.1. The molecule has 0 amide bonds. The van der Waals surface area contributed by atoms with Gasteiger partial charge in [-0.25, -0.2) is 19.4 Å². The molecular formula is C8H6ClN5O2. The van der Waals surface area contributed by atoms with Crippen molar-refractivity contribution < 1.29 is 9.53 Å². The maximum absolute atomic E-state index is 11.1. The molecule has 0 radical (unpaired) electrons. The maximum Gasteiger partial charge on any atom is 0.377 e. The van der Waals surface area contributed by atoms with Crippen molar-refractivity contribution in [1.82, 2.24) is 24.7 Å². The lowest BCUT2D eigenvalue weighted by Gasteiger charge is -1.97. The SMILES string of the molecule is COC(=O)c1ncn(-c2ccnc(Cl)n2)n1. The van der Waals surface area contributed by atoms with Crippen LogP contribution in [0.15, 0.2) is 18.6 Å². The summed E-state index contributed by atoms with van der Waals surface area (Å²) in [4.78, 5) is 22.5. The molecule has 0 aliphatic heterocycles. The van der Waals surface area contributed by atoms with Crippen LogP contribution in [0, 0.1) is 0 Å². The molecule has 82 valence electrons. The normalized spacial score (nSPS) is 10.1. The highest BCUT2D eigenvalue weighted by atomic mass is 35.5. The van der Waals surface area contributed by atoms with Gasteiger partial charge in [-0.05, 0) is 11.6 Å². The molecular weight excluding hydrogens is 234 g/mol. The average Bonchev–Trinajstić information content (AvgIpc) is 2.77. The van der Waals surface area contributed by atoms with E-state index in [0.29, 0.717) is 5.82 Å². The van der Waals surface area contributed by atoms with E-state index in [4.69, 9.17) is 11.6 Å². The third-order valence-electron chi connectivity index (χ3n) is 1.71. The number of nitrogens with zero attached hydrogens (tertiary/aromatic N) is 5. The third-order valence-corrected chi connectivity index (χ3v) is 1.89. The van der Waals surface area contributed by atoms with E-state index in [1.807, 2.05) is 0 Å². The summed E-state index contributed by atoms with van der Waals surface area (Å²) in [7, 11) is 1.25. The summed E-state index contributed by atoms with van der Waals surface area (Å²) in [5, 5.41) is 3.96. The van der Waals surface area contributed by atoms with Crippen molar-refractivity contribution in [2.45, 2.75) is 0 Å². The van der Waals surface area contributed by atoms with E-state index in [1.165, 1.54) is 24.3 Å². The van der Waals surface area contributed by atoms with Crippen molar-refractivity contribution in [1.29, 1.82) is 0 Å². The van der Waals surface area contributed by atoms with Gasteiger partial charge in [0.1, 0.15) is 6.33 Å². The van der Waals surface area contributed by atoms with Crippen molar-refractivity contribution in [3.8, 4) is 5.82 Å². The first-order valence-electron chi connectivity index (χ1n) is 4.19. The van der Waals surface area contributed by atoms with Gasteiger partial charge >= 0.3 is 5.97 Å². The van der Waals surface area contributed by atoms with Gasteiger partial charge in [-0.3, -0.25) is 0 Å². The summed E-state index contributed by atoms with van der Waals surface area (Å²) in [6, 6.07) is 1.58. The second kappa shape index (κ2) is 4.23. The van der Waals surface area contributed by atoms with Crippen molar-refractivity contribution in [2.24, 2.45) is 0 Å². The van der Waals surface area contributed by atoms with E-state index >= 15 is 0 Å². The first kappa shape index (κ1) is 10.5. The number of hydrogen-bond acceptors (Lipinski definition) is 6. The fraction of sp³-hybridized carbons (Fsp3) is 0.125. The van der Waals surface area contributed by atoms with E-state index in [0.717, 1.165) is 0 Å². The van der Waals surface area contributed by atoms with Crippen molar-refractivity contribution in [3.05, 3.63) is 29.7 Å². The Morgan fingerprint density at radius 2 is 2.31 bits per heavy atom. The molecule has 8 heteroatoms. The van der Waals surface area contributed by atoms with Gasteiger partial charge in [0, 0.05) is 12.3 Å². The number of hydrogen-bond donors (Lipinski definition) is 0. The molecule has 2 rings (SSSR count). The largest absolute Gasteiger partial charge is 0.463 e. The number of rotatable bonds is 2. The minimum absolute atomic E-state index is 0.0442. The molecule has 0 unspecified atom stereocenters. The molecule has 0 fully saturated rings. The molecule has 0 aliphatic carbocycles. The highest BCUT2D eigenvalue weighted by Gasteiger charge is 2.12. The first-order chi connectivity index (χ1) is 7.70. The van der Waals surface area contributed by atoms with E-state index in [9.17, 15) is 4.79 Å². The Kier molecular flexibility index (Phi) is 2.78. The van der Waals surface area contributed by atoms with Crippen LogP contribution in [-0.4, -0.2) is 37.8 Å². The second-order valence-corrected chi connectivity index (χ2v) is 3.03. The quantitative estimate of drug-likeness (QED) is 0.561. The lowest BCUT2D eigenvalue weighted by Crippen LogP contribution is -2.06. The Bertz CT molecular complexity index is 527. The Morgan fingerprint density at radius 1 is 1.50 bits per heavy atom. The summed E-state index contributed by atoms with van der Waals surface area (Å²) in [5.74, 6) is -0.237. The molecule has 0 saturated heterocycles. The minimum Gasteiger partial charge on any atom is -0.463 e. The Labute approximate surface area is 95.1 Å². The number of ether oxygens (including phenoxy) is 1. The van der Waals surface area contributed by atoms with Crippen LogP contribution < -0.4 is 0 Å². The van der Waals surface area contributed by atoms with E-state index in [1.54, 1.807) is 6.07 Å². The van der Waals surface area contributed by atoms with Crippen LogP contribution >= 0.6 is 11.6 Å². The van der Waals surface area contributed by atoms with Crippen molar-refractivity contribution in [2.75, 3.05) is 7.11 Å². The lowest BCUT2D eigenvalue weighted by molar-refractivity contribution is 0.0587. The number of esters is 1. The summed E-state index contributed by atoms with van der Waals surface area (Å²) >= 11 is 5.62. The average molecular weight is 240 g/mol. The molecule has 0 aromatic carbocycles. The van der Waals surface area contributed by atoms with Gasteiger partial charge in [0.15, 0.2) is 5.82 Å². The number of carbonyl (C=O) groups excluding carboxylic acids is 1. The molecule has 0 N–H and O–H groups in total. The van der Waals surface area contributed by atoms with E-state index < -0.39 is 5.97 Å². The highest BCUT2D eigenvalue weighted by Crippen LogP contribution is 2.05. The minimum atomic E-state index is -0.612. The van der Waals surface area contributed by atoms with Gasteiger partial charge in [-0.2, -0.15) is 4.98 Å². The Balaban J connectivity index is 2.35. The summed E-state index contributed by atoms with van der Waals surface area (Å²) in [5.41, 5.74) is 0. The highest BCUT2D eigenvalue weighted by molar-refractivity contribution is 6.28. The van der Waals surface area contributed by atoms with Crippen molar-refractivity contribution >= 4 is 17.6 Å². The van der Waals surface area contributed by atoms with Gasteiger partial charge < -0.3 is 4.74 Å². The Morgan fingerprint density at radius 3 is 3.00 bits per heavy atom. The van der Waals surface area contributed by atoms with Crippen LogP contribution in [0.1, 0.15) is 10.6 Å². The van der Waals surface area contributed by atoms with Crippen LogP contribution in [0.5, 0.6) is 0 Å². The van der Waals surface area contributed by atoms with E-state index in [2.05, 4.69) is 24.8 Å². The standard InChI is InChI=1S/C8H6ClN5O2/c1-16-7(15)6-11-4-14(13-6)5-2-3-10-8(9)12-5/h2-4H,1H3. The van der Waals surface area contributed by atoms with Crippen LogP contribution in [0.3, 0.4) is 0 Å². The van der Waals surface area contributed by atoms with Gasteiger partial charge in [-0.1, -0.05) is 0 Å². The zero-order chi connectivity index (χ0) is 11.5. The lowest BCUT2D eigenvalue weighted by atomic mass is 10.6. The smallest absolute Gasteiger partial charge is 0.377 e. The van der Waals surface area contributed by atoms with E-state index in [-0.39, 0.29) is 11.1 Å². The Hall–Kier alpha value is -2.02. The monoisotopic (exact) mass is 239 g/mol. The van der Waals surface area contributed by atoms with Gasteiger partial charge in [0.25, 0.3) is 5.82 Å². The number of methoxy groups -OCH3 is 1. The molecule has 7 nitrogen and oxygen atoms in total. The summed E-state index contributed by atoms with van der Waals surface area (Å²) in [6.45, 7) is 0. The van der Waals surface area contributed by atoms with Crippen LogP contribution in [-0.2, 0) is 4.74 Å². The zero-order valence-electron chi connectivity index (χ0n) is 8.16. The second-order valence-electron chi connectivity index (χ2n) is 2.69. The van der Waals surface area contributed by atoms with Crippen molar-refractivity contribution in [3.63, 3.8) is 0 Å². The molecule has 0 bridgehead atoms. The molecule has 0 atom stereocenters. The topological polar surface area (TPSA) is 82.8 Å². The van der Waals surface area contributed by atoms with Gasteiger partial charge in [-0.15, -0.1) is 5.10 Å². The zero-order valence-corrected chi connectivity index (χ0v) is 8.92.